The summed E-state index contributed by atoms with van der Waals surface area (Å²) >= 11 is 0. The fraction of sp³-hybridized carbons (Fsp3) is 0.520. The molecule has 3 aliphatic carbocycles. The molecule has 0 bridgehead atoms. The van der Waals surface area contributed by atoms with Crippen molar-refractivity contribution in [2.24, 2.45) is 23.5 Å². The van der Waals surface area contributed by atoms with Crippen LogP contribution in [0.1, 0.15) is 17.5 Å². The van der Waals surface area contributed by atoms with Crippen molar-refractivity contribution >= 4 is 34.8 Å². The maximum absolute atomic E-state index is 13.8. The number of aromatic hydroxyl groups is 1. The van der Waals surface area contributed by atoms with Crippen molar-refractivity contribution < 1.29 is 39.6 Å². The summed E-state index contributed by atoms with van der Waals surface area (Å²) in [7, 11) is 6.58. The van der Waals surface area contributed by atoms with E-state index in [1.165, 1.54) is 11.0 Å². The molecule has 2 amide bonds. The van der Waals surface area contributed by atoms with Crippen LogP contribution in [-0.4, -0.2) is 106 Å². The van der Waals surface area contributed by atoms with Crippen LogP contribution in [0.15, 0.2) is 17.7 Å². The predicted octanol–water partition coefficient (Wildman–Crippen LogP) is -1.37. The maximum Gasteiger partial charge on any atom is 0.238 e. The molecule has 2 unspecified atom stereocenters. The van der Waals surface area contributed by atoms with Crippen LogP contribution < -0.4 is 11.1 Å². The Morgan fingerprint density at radius 1 is 1.16 bits per heavy atom. The number of benzene rings is 1. The summed E-state index contributed by atoms with van der Waals surface area (Å²) in [5, 5.41) is 47.1. The van der Waals surface area contributed by atoms with Crippen LogP contribution in [0.25, 0.3) is 5.76 Å². The van der Waals surface area contributed by atoms with Gasteiger partial charge in [0.1, 0.15) is 17.4 Å². The molecule has 1 aromatic rings. The average Bonchev–Trinajstić information content (AvgIpc) is 2.77. The third-order valence-corrected chi connectivity index (χ3v) is 7.70. The minimum atomic E-state index is -2.71. The number of nitrogens with two attached hydrogens (primary N) is 1. The second kappa shape index (κ2) is 9.21. The number of fused-ring (bicyclic) bond motifs is 3. The molecule has 2 fully saturated rings. The molecule has 37 heavy (non-hydrogen) atoms. The van der Waals surface area contributed by atoms with E-state index in [9.17, 15) is 39.6 Å². The van der Waals surface area contributed by atoms with Crippen LogP contribution in [0.5, 0.6) is 5.75 Å². The zero-order valence-corrected chi connectivity index (χ0v) is 21.1. The van der Waals surface area contributed by atoms with Gasteiger partial charge in [-0.05, 0) is 58.6 Å². The molecule has 1 aromatic carbocycles. The highest BCUT2D eigenvalue weighted by molar-refractivity contribution is 6.25. The van der Waals surface area contributed by atoms with Crippen LogP contribution >= 0.6 is 0 Å². The fourth-order valence-electron chi connectivity index (χ4n) is 6.16. The number of hydrogen-bond donors (Lipinski definition) is 6. The molecular weight excluding hydrogens is 484 g/mol. The molecule has 0 aromatic heterocycles. The summed E-state index contributed by atoms with van der Waals surface area (Å²) in [4.78, 5) is 54.6. The smallest absolute Gasteiger partial charge is 0.238 e. The van der Waals surface area contributed by atoms with E-state index < -0.39 is 70.4 Å². The second-order valence-electron chi connectivity index (χ2n) is 10.6. The Hall–Kier alpha value is -3.32. The van der Waals surface area contributed by atoms with E-state index in [2.05, 4.69) is 5.32 Å². The number of phenols is 1. The lowest BCUT2D eigenvalue weighted by molar-refractivity contribution is -0.184. The number of aliphatic hydroxyl groups is 3. The summed E-state index contributed by atoms with van der Waals surface area (Å²) in [6.45, 7) is 0.0423. The summed E-state index contributed by atoms with van der Waals surface area (Å²) in [5.41, 5.74) is 2.86. The predicted molar refractivity (Wildman–Crippen MR) is 131 cm³/mol. The minimum Gasteiger partial charge on any atom is -0.507 e. The fourth-order valence-corrected chi connectivity index (χ4v) is 6.16. The molecule has 0 heterocycles. The van der Waals surface area contributed by atoms with Crippen molar-refractivity contribution in [1.29, 1.82) is 0 Å². The summed E-state index contributed by atoms with van der Waals surface area (Å²) in [6, 6.07) is 2.16. The Morgan fingerprint density at radius 2 is 1.81 bits per heavy atom. The first-order valence-corrected chi connectivity index (χ1v) is 11.9. The van der Waals surface area contributed by atoms with Crippen molar-refractivity contribution in [2.75, 3.05) is 40.1 Å². The largest absolute Gasteiger partial charge is 0.507 e. The van der Waals surface area contributed by atoms with Gasteiger partial charge in [0.2, 0.25) is 17.6 Å². The van der Waals surface area contributed by atoms with Gasteiger partial charge in [0.15, 0.2) is 11.4 Å². The number of Topliss-reactive ketones (excluding diaryl/α,β-unsaturated/α-hetero) is 2. The van der Waals surface area contributed by atoms with Gasteiger partial charge in [0.25, 0.3) is 0 Å². The molecule has 2 saturated carbocycles. The molecule has 7 N–H and O–H groups in total. The number of carbonyl (C=O) groups excluding carboxylic acids is 4. The van der Waals surface area contributed by atoms with E-state index >= 15 is 0 Å². The first-order chi connectivity index (χ1) is 17.2. The number of anilines is 1. The van der Waals surface area contributed by atoms with Gasteiger partial charge >= 0.3 is 0 Å². The molecule has 4 rings (SSSR count). The number of ketones is 2. The highest BCUT2D eigenvalue weighted by atomic mass is 16.3. The number of hydrogen-bond acceptors (Lipinski definition) is 10. The lowest BCUT2D eigenvalue weighted by Crippen LogP contribution is -2.73. The van der Waals surface area contributed by atoms with Crippen molar-refractivity contribution in [3.63, 3.8) is 0 Å². The number of carbonyl (C=O) groups is 4. The molecule has 0 saturated heterocycles. The van der Waals surface area contributed by atoms with Crippen molar-refractivity contribution in [3.05, 3.63) is 28.8 Å². The number of amides is 2. The van der Waals surface area contributed by atoms with E-state index in [0.29, 0.717) is 5.56 Å². The number of phenolic OH excluding ortho intramolecular Hbond substituents is 1. The van der Waals surface area contributed by atoms with Crippen molar-refractivity contribution in [2.45, 2.75) is 30.6 Å². The van der Waals surface area contributed by atoms with E-state index in [-0.39, 0.29) is 36.2 Å². The number of primary amides is 1. The third-order valence-electron chi connectivity index (χ3n) is 7.70. The number of rotatable bonds is 5. The Morgan fingerprint density at radius 3 is 2.38 bits per heavy atom. The van der Waals surface area contributed by atoms with E-state index in [0.717, 1.165) is 0 Å². The van der Waals surface area contributed by atoms with E-state index in [1.54, 1.807) is 39.2 Å². The molecule has 6 atom stereocenters. The lowest BCUT2D eigenvalue weighted by Gasteiger charge is -2.53. The van der Waals surface area contributed by atoms with Gasteiger partial charge < -0.3 is 41.3 Å². The molecule has 0 radical (unpaired) electrons. The molecule has 0 aliphatic heterocycles. The molecule has 3 aliphatic rings. The van der Waals surface area contributed by atoms with Gasteiger partial charge in [-0.3, -0.25) is 19.2 Å². The zero-order valence-electron chi connectivity index (χ0n) is 21.1. The Bertz CT molecular complexity index is 1230. The summed E-state index contributed by atoms with van der Waals surface area (Å²) in [5.74, 6) is -8.48. The number of nitrogens with one attached hydrogen (secondary N) is 1. The first kappa shape index (κ1) is 26.7. The number of likely N-dealkylation sites (N-methyl/N-ethyl adjacent to an activating group) is 2. The van der Waals surface area contributed by atoms with E-state index in [4.69, 9.17) is 5.73 Å². The average molecular weight is 517 g/mol. The van der Waals surface area contributed by atoms with Gasteiger partial charge in [0, 0.05) is 17.5 Å². The van der Waals surface area contributed by atoms with E-state index in [1.807, 2.05) is 0 Å². The Labute approximate surface area is 213 Å². The monoisotopic (exact) mass is 516 g/mol. The SMILES string of the molecule is CN(C)CC(=O)Nc1ccc2c(c1O)C(O)=C1C(=O)[C@@]3(O)C(=O)C(C(N)=O)C(O)[C@H](N(C)C)[C@H]3C[C@H]1C2. The minimum absolute atomic E-state index is 0.0226. The van der Waals surface area contributed by atoms with Gasteiger partial charge in [-0.15, -0.1) is 0 Å². The first-order valence-electron chi connectivity index (χ1n) is 11.9. The highest BCUT2D eigenvalue weighted by Gasteiger charge is 2.67. The van der Waals surface area contributed by atoms with Crippen molar-refractivity contribution in [1.82, 2.24) is 9.80 Å². The van der Waals surface area contributed by atoms with Crippen molar-refractivity contribution in [3.8, 4) is 5.75 Å². The molecular formula is C25H32N4O8. The van der Waals surface area contributed by atoms with Gasteiger partial charge in [-0.25, -0.2) is 0 Å². The van der Waals surface area contributed by atoms with Crippen LogP contribution in [0.2, 0.25) is 0 Å². The number of aliphatic hydroxyl groups excluding tert-OH is 2. The van der Waals surface area contributed by atoms with Crippen LogP contribution in [0.4, 0.5) is 5.69 Å². The maximum atomic E-state index is 13.8. The number of nitrogens with zero attached hydrogens (tertiary/aromatic N) is 2. The standard InChI is InChI=1S/C25H32N4O8/c1-28(2)9-14(30)27-13-6-5-10-7-11-8-12-18(29(3)4)21(33)17(24(26)36)23(35)25(12,37)22(34)16(11)20(32)15(10)19(13)31/h5-6,11-12,17-18,21,31-33,37H,7-9H2,1-4H3,(H2,26,36)(H,27,30)/t11-,12-,17?,18-,21?,25-/m1/s1. The normalized spacial score (nSPS) is 31.2. The van der Waals surface area contributed by atoms with Crippen LogP contribution in [0.3, 0.4) is 0 Å². The topological polar surface area (TPSA) is 194 Å². The zero-order chi connectivity index (χ0) is 27.6. The van der Waals surface area contributed by atoms with Gasteiger partial charge in [-0.1, -0.05) is 6.07 Å². The summed E-state index contributed by atoms with van der Waals surface area (Å²) < 4.78 is 0. The molecule has 0 spiro atoms. The Balaban J connectivity index is 1.82. The van der Waals surface area contributed by atoms with Crippen LogP contribution in [-0.2, 0) is 25.6 Å². The summed E-state index contributed by atoms with van der Waals surface area (Å²) in [6.07, 6.45) is -1.30. The third kappa shape index (κ3) is 4.00. The molecule has 200 valence electrons. The quantitative estimate of drug-likeness (QED) is 0.201. The van der Waals surface area contributed by atoms with Crippen LogP contribution in [0, 0.1) is 17.8 Å². The molecule has 12 nitrogen and oxygen atoms in total. The van der Waals surface area contributed by atoms with Gasteiger partial charge in [-0.2, -0.15) is 0 Å². The Kier molecular flexibility index (Phi) is 6.65. The molecule has 12 heteroatoms. The van der Waals surface area contributed by atoms with Gasteiger partial charge in [0.05, 0.1) is 23.9 Å². The highest BCUT2D eigenvalue weighted by Crippen LogP contribution is 2.52. The lowest BCUT2D eigenvalue weighted by atomic mass is 9.54. The second-order valence-corrected chi connectivity index (χ2v) is 10.6.